The number of rotatable bonds is 15. The summed E-state index contributed by atoms with van der Waals surface area (Å²) in [6, 6.07) is 39.8. The third-order valence-corrected chi connectivity index (χ3v) is 7.52. The zero-order valence-electron chi connectivity index (χ0n) is 24.3. The topological polar surface area (TPSA) is 66.4 Å². The molecule has 0 spiro atoms. The lowest BCUT2D eigenvalue weighted by atomic mass is 9.83. The van der Waals surface area contributed by atoms with E-state index in [-0.39, 0.29) is 6.61 Å². The summed E-state index contributed by atoms with van der Waals surface area (Å²) in [5, 5.41) is 11.9. The van der Waals surface area contributed by atoms with Gasteiger partial charge in [-0.05, 0) is 22.3 Å². The summed E-state index contributed by atoms with van der Waals surface area (Å²) in [7, 11) is 0. The van der Waals surface area contributed by atoms with Crippen molar-refractivity contribution in [1.82, 2.24) is 0 Å². The molecule has 6 atom stereocenters. The highest BCUT2D eigenvalue weighted by Crippen LogP contribution is 2.34. The molecule has 6 heteroatoms. The number of ether oxygens (including phenoxy) is 5. The van der Waals surface area contributed by atoms with Gasteiger partial charge in [-0.1, -0.05) is 127 Å². The minimum atomic E-state index is -1.05. The van der Waals surface area contributed by atoms with E-state index in [2.05, 4.69) is 6.58 Å². The Balaban J connectivity index is 1.48. The van der Waals surface area contributed by atoms with Crippen molar-refractivity contribution in [2.45, 2.75) is 63.1 Å². The molecule has 5 rings (SSSR count). The van der Waals surface area contributed by atoms with Crippen LogP contribution >= 0.6 is 0 Å². The van der Waals surface area contributed by atoms with Crippen LogP contribution in [-0.4, -0.2) is 48.3 Å². The van der Waals surface area contributed by atoms with Crippen molar-refractivity contribution in [2.24, 2.45) is 0 Å². The molecule has 1 N–H and O–H groups in total. The molecule has 0 aromatic heterocycles. The van der Waals surface area contributed by atoms with Gasteiger partial charge < -0.3 is 28.8 Å². The fourth-order valence-electron chi connectivity index (χ4n) is 5.34. The number of hydrogen-bond acceptors (Lipinski definition) is 6. The van der Waals surface area contributed by atoms with Crippen LogP contribution in [-0.2, 0) is 50.1 Å². The van der Waals surface area contributed by atoms with Crippen molar-refractivity contribution < 1.29 is 28.8 Å². The molecule has 0 amide bonds. The fourth-order valence-corrected chi connectivity index (χ4v) is 5.34. The predicted molar refractivity (Wildman–Crippen MR) is 166 cm³/mol. The normalized spacial score (nSPS) is 23.6. The summed E-state index contributed by atoms with van der Waals surface area (Å²) in [6.07, 6.45) is -2.83. The second-order valence-corrected chi connectivity index (χ2v) is 10.6. The summed E-state index contributed by atoms with van der Waals surface area (Å²) in [6.45, 7) is 5.32. The highest BCUT2D eigenvalue weighted by atomic mass is 16.6. The smallest absolute Gasteiger partial charge is 0.116 e. The van der Waals surface area contributed by atoms with Crippen molar-refractivity contribution in [3.05, 3.63) is 156 Å². The van der Waals surface area contributed by atoms with E-state index in [1.54, 1.807) is 6.08 Å². The standard InChI is InChI=1S/C37H40O6/c1-2-23-39-33-32(38)34(40-24-28-15-7-3-8-16-28)36(42-26-30-19-11-5-12-20-30)37(43-27-31-21-13-6-14-22-31)35(33)41-25-29-17-9-4-10-18-29/h2-22,32-38H,1,23-27H2/t32-,33+,34+,35+,36-,37-/m1/s1. The van der Waals surface area contributed by atoms with Gasteiger partial charge in [-0.15, -0.1) is 6.58 Å². The second-order valence-electron chi connectivity index (χ2n) is 10.6. The molecule has 0 saturated heterocycles. The first-order chi connectivity index (χ1) is 21.2. The Morgan fingerprint density at radius 1 is 0.442 bits per heavy atom. The van der Waals surface area contributed by atoms with Gasteiger partial charge in [0, 0.05) is 0 Å². The molecule has 1 aliphatic carbocycles. The van der Waals surface area contributed by atoms with E-state index in [0.29, 0.717) is 26.4 Å². The van der Waals surface area contributed by atoms with Gasteiger partial charge in [0.15, 0.2) is 0 Å². The van der Waals surface area contributed by atoms with Crippen LogP contribution < -0.4 is 0 Å². The lowest BCUT2D eigenvalue weighted by molar-refractivity contribution is -0.280. The van der Waals surface area contributed by atoms with E-state index in [1.165, 1.54) is 0 Å². The van der Waals surface area contributed by atoms with Crippen molar-refractivity contribution >= 4 is 0 Å². The number of aliphatic hydroxyl groups excluding tert-OH is 1. The Kier molecular flexibility index (Phi) is 11.7. The van der Waals surface area contributed by atoms with E-state index < -0.39 is 36.6 Å². The van der Waals surface area contributed by atoms with Crippen LogP contribution in [0.5, 0.6) is 0 Å². The lowest BCUT2D eigenvalue weighted by Crippen LogP contribution is -2.66. The van der Waals surface area contributed by atoms with Crippen molar-refractivity contribution in [2.75, 3.05) is 6.61 Å². The quantitative estimate of drug-likeness (QED) is 0.167. The van der Waals surface area contributed by atoms with Crippen LogP contribution in [0.4, 0.5) is 0 Å². The van der Waals surface area contributed by atoms with Crippen LogP contribution in [0.15, 0.2) is 134 Å². The Bertz CT molecular complexity index is 1330. The maximum absolute atomic E-state index is 11.9. The average molecular weight is 581 g/mol. The van der Waals surface area contributed by atoms with Gasteiger partial charge in [0.2, 0.25) is 0 Å². The summed E-state index contributed by atoms with van der Waals surface area (Å²) in [4.78, 5) is 0. The summed E-state index contributed by atoms with van der Waals surface area (Å²) in [5.41, 5.74) is 4.02. The molecule has 1 aliphatic rings. The van der Waals surface area contributed by atoms with Gasteiger partial charge in [-0.3, -0.25) is 0 Å². The maximum atomic E-state index is 11.9. The fraction of sp³-hybridized carbons (Fsp3) is 0.297. The molecule has 4 aromatic carbocycles. The molecule has 1 fully saturated rings. The molecule has 224 valence electrons. The second kappa shape index (κ2) is 16.3. The van der Waals surface area contributed by atoms with Gasteiger partial charge in [-0.25, -0.2) is 0 Å². The van der Waals surface area contributed by atoms with Gasteiger partial charge >= 0.3 is 0 Å². The largest absolute Gasteiger partial charge is 0.387 e. The van der Waals surface area contributed by atoms with Gasteiger partial charge in [0.1, 0.15) is 36.6 Å². The van der Waals surface area contributed by atoms with Crippen LogP contribution in [0.1, 0.15) is 22.3 Å². The minimum absolute atomic E-state index is 0.235. The van der Waals surface area contributed by atoms with Crippen LogP contribution in [0.25, 0.3) is 0 Å². The molecular formula is C37H40O6. The number of benzene rings is 4. The van der Waals surface area contributed by atoms with E-state index in [9.17, 15) is 5.11 Å². The summed E-state index contributed by atoms with van der Waals surface area (Å²) in [5.74, 6) is 0. The molecule has 0 radical (unpaired) electrons. The Morgan fingerprint density at radius 3 is 1.05 bits per heavy atom. The van der Waals surface area contributed by atoms with E-state index in [1.807, 2.05) is 121 Å². The summed E-state index contributed by atoms with van der Waals surface area (Å²) >= 11 is 0. The van der Waals surface area contributed by atoms with Gasteiger partial charge in [0.05, 0.1) is 33.0 Å². The Labute approximate surface area is 254 Å². The molecule has 0 aliphatic heterocycles. The minimum Gasteiger partial charge on any atom is -0.387 e. The zero-order chi connectivity index (χ0) is 29.7. The first-order valence-corrected chi connectivity index (χ1v) is 14.8. The van der Waals surface area contributed by atoms with E-state index >= 15 is 0 Å². The summed E-state index contributed by atoms with van der Waals surface area (Å²) < 4.78 is 32.5. The Morgan fingerprint density at radius 2 is 0.721 bits per heavy atom. The number of aliphatic hydroxyl groups is 1. The Hall–Kier alpha value is -3.62. The highest BCUT2D eigenvalue weighted by Gasteiger charge is 2.54. The first-order valence-electron chi connectivity index (χ1n) is 14.8. The van der Waals surface area contributed by atoms with E-state index in [4.69, 9.17) is 23.7 Å². The lowest BCUT2D eigenvalue weighted by Gasteiger charge is -2.48. The predicted octanol–water partition coefficient (Wildman–Crippen LogP) is 6.27. The zero-order valence-corrected chi connectivity index (χ0v) is 24.3. The van der Waals surface area contributed by atoms with Gasteiger partial charge in [0.25, 0.3) is 0 Å². The van der Waals surface area contributed by atoms with Crippen molar-refractivity contribution in [3.63, 3.8) is 0 Å². The van der Waals surface area contributed by atoms with Crippen LogP contribution in [0.3, 0.4) is 0 Å². The third-order valence-electron chi connectivity index (χ3n) is 7.52. The molecule has 6 nitrogen and oxygen atoms in total. The monoisotopic (exact) mass is 580 g/mol. The van der Waals surface area contributed by atoms with Gasteiger partial charge in [-0.2, -0.15) is 0 Å². The van der Waals surface area contributed by atoms with Crippen LogP contribution in [0.2, 0.25) is 0 Å². The molecule has 43 heavy (non-hydrogen) atoms. The average Bonchev–Trinajstić information content (AvgIpc) is 3.06. The van der Waals surface area contributed by atoms with Crippen molar-refractivity contribution in [3.8, 4) is 0 Å². The van der Waals surface area contributed by atoms with E-state index in [0.717, 1.165) is 22.3 Å². The molecule has 1 saturated carbocycles. The molecule has 4 aromatic rings. The van der Waals surface area contributed by atoms with Crippen LogP contribution in [0, 0.1) is 0 Å². The molecule has 0 bridgehead atoms. The van der Waals surface area contributed by atoms with Crippen molar-refractivity contribution in [1.29, 1.82) is 0 Å². The SMILES string of the molecule is C=CCO[C@H]1[C@@H](O)[C@H](OCc2ccccc2)[C@@H](OCc2ccccc2)[C@H](OCc2ccccc2)[C@H]1OCc1ccccc1. The molecular weight excluding hydrogens is 540 g/mol. The molecule has 0 heterocycles. The number of hydrogen-bond donors (Lipinski definition) is 1. The highest BCUT2D eigenvalue weighted by molar-refractivity contribution is 5.17. The molecule has 0 unspecified atom stereocenters. The first kappa shape index (κ1) is 30.8. The third kappa shape index (κ3) is 8.71. The maximum Gasteiger partial charge on any atom is 0.116 e.